The number of nitrogens with two attached hydrogens (primary N) is 1. The van der Waals surface area contributed by atoms with Crippen molar-refractivity contribution in [1.29, 1.82) is 0 Å². The Kier molecular flexibility index (Phi) is 3.28. The first-order chi connectivity index (χ1) is 8.80. The molecule has 2 heterocycles. The molecule has 2 rings (SSSR count). The summed E-state index contributed by atoms with van der Waals surface area (Å²) in [5.74, 6) is 0.994. The minimum atomic E-state index is -3.71. The molecule has 2 aromatic rings. The highest BCUT2D eigenvalue weighted by molar-refractivity contribution is 7.89. The predicted molar refractivity (Wildman–Crippen MR) is 67.4 cm³/mol. The van der Waals surface area contributed by atoms with Gasteiger partial charge < -0.3 is 5.73 Å². The van der Waals surface area contributed by atoms with E-state index in [1.54, 1.807) is 14.0 Å². The van der Waals surface area contributed by atoms with E-state index in [9.17, 15) is 8.42 Å². The molecule has 9 nitrogen and oxygen atoms in total. The van der Waals surface area contributed by atoms with Gasteiger partial charge in [-0.25, -0.2) is 13.4 Å². The number of anilines is 1. The zero-order valence-corrected chi connectivity index (χ0v) is 11.6. The molecule has 104 valence electrons. The fourth-order valence-corrected chi connectivity index (χ4v) is 2.81. The van der Waals surface area contributed by atoms with Crippen LogP contribution in [0.5, 0.6) is 0 Å². The van der Waals surface area contributed by atoms with Crippen LogP contribution in [-0.4, -0.2) is 44.7 Å². The van der Waals surface area contributed by atoms with Gasteiger partial charge in [0.05, 0.1) is 6.54 Å². The summed E-state index contributed by atoms with van der Waals surface area (Å²) in [6, 6.07) is 0. The fourth-order valence-electron chi connectivity index (χ4n) is 1.59. The zero-order valence-electron chi connectivity index (χ0n) is 10.8. The van der Waals surface area contributed by atoms with Crippen LogP contribution in [0.2, 0.25) is 0 Å². The minimum absolute atomic E-state index is 0.0234. The van der Waals surface area contributed by atoms with Crippen LogP contribution in [0.25, 0.3) is 0 Å². The normalized spacial score (nSPS) is 12.2. The second-order valence-corrected chi connectivity index (χ2v) is 6.16. The maximum atomic E-state index is 12.3. The Morgan fingerprint density at radius 2 is 2.21 bits per heavy atom. The molecule has 3 N–H and O–H groups in total. The predicted octanol–water partition coefficient (Wildman–Crippen LogP) is -0.750. The monoisotopic (exact) mass is 285 g/mol. The molecule has 0 aliphatic heterocycles. The number of nitrogens with zero attached hydrogens (tertiary/aromatic N) is 5. The molecule has 0 bridgehead atoms. The maximum Gasteiger partial charge on any atom is 0.248 e. The fraction of sp³-hybridized carbons (Fsp3) is 0.444. The Morgan fingerprint density at radius 3 is 2.68 bits per heavy atom. The van der Waals surface area contributed by atoms with Crippen LogP contribution >= 0.6 is 0 Å². The summed E-state index contributed by atoms with van der Waals surface area (Å²) in [5, 5.41) is 10.4. The van der Waals surface area contributed by atoms with E-state index >= 15 is 0 Å². The average Bonchev–Trinajstić information content (AvgIpc) is 2.85. The van der Waals surface area contributed by atoms with E-state index in [1.807, 2.05) is 0 Å². The number of nitrogen functional groups attached to an aromatic ring is 1. The maximum absolute atomic E-state index is 12.3. The van der Waals surface area contributed by atoms with Gasteiger partial charge in [0.1, 0.15) is 10.7 Å². The molecule has 19 heavy (non-hydrogen) atoms. The van der Waals surface area contributed by atoms with Gasteiger partial charge in [0.25, 0.3) is 0 Å². The van der Waals surface area contributed by atoms with Crippen LogP contribution < -0.4 is 5.73 Å². The van der Waals surface area contributed by atoms with Crippen LogP contribution in [0.4, 0.5) is 5.82 Å². The van der Waals surface area contributed by atoms with E-state index in [0.29, 0.717) is 11.6 Å². The summed E-state index contributed by atoms with van der Waals surface area (Å²) < 4.78 is 27.1. The Hall–Kier alpha value is -1.94. The number of H-pyrrole nitrogens is 1. The number of sulfonamides is 1. The van der Waals surface area contributed by atoms with Crippen LogP contribution in [0.15, 0.2) is 11.1 Å². The van der Waals surface area contributed by atoms with Crippen molar-refractivity contribution < 1.29 is 8.42 Å². The van der Waals surface area contributed by atoms with Gasteiger partial charge in [-0.05, 0) is 6.92 Å². The van der Waals surface area contributed by atoms with Gasteiger partial charge in [-0.1, -0.05) is 0 Å². The number of aromatic amines is 1. The molecule has 2 aromatic heterocycles. The quantitative estimate of drug-likeness (QED) is 0.762. The molecule has 0 atom stereocenters. The molecule has 0 amide bonds. The van der Waals surface area contributed by atoms with Crippen molar-refractivity contribution in [2.45, 2.75) is 18.4 Å². The van der Waals surface area contributed by atoms with Gasteiger partial charge in [0, 0.05) is 20.3 Å². The summed E-state index contributed by atoms with van der Waals surface area (Å²) in [6.45, 7) is 1.80. The number of hydrogen-bond donors (Lipinski definition) is 2. The molecule has 0 aliphatic carbocycles. The molecule has 0 spiro atoms. The molecule has 0 radical (unpaired) electrons. The Balaban J connectivity index is 2.27. The lowest BCUT2D eigenvalue weighted by molar-refractivity contribution is 0.457. The lowest BCUT2D eigenvalue weighted by atomic mass is 10.6. The van der Waals surface area contributed by atoms with Crippen molar-refractivity contribution in [2.24, 2.45) is 7.05 Å². The second kappa shape index (κ2) is 4.63. The smallest absolute Gasteiger partial charge is 0.248 e. The van der Waals surface area contributed by atoms with Gasteiger partial charge >= 0.3 is 0 Å². The molecule has 0 aromatic carbocycles. The minimum Gasteiger partial charge on any atom is -0.381 e. The van der Waals surface area contributed by atoms with Gasteiger partial charge in [-0.3, -0.25) is 9.78 Å². The van der Waals surface area contributed by atoms with Crippen LogP contribution in [-0.2, 0) is 23.6 Å². The number of aryl methyl sites for hydroxylation is 2. The molecule has 0 saturated carbocycles. The summed E-state index contributed by atoms with van der Waals surface area (Å²) in [4.78, 5) is 4.04. The second-order valence-electron chi connectivity index (χ2n) is 4.15. The van der Waals surface area contributed by atoms with Crippen LogP contribution in [0.1, 0.15) is 11.6 Å². The summed E-state index contributed by atoms with van der Waals surface area (Å²) >= 11 is 0. The molecular weight excluding hydrogens is 270 g/mol. The third-order valence-electron chi connectivity index (χ3n) is 2.52. The lowest BCUT2D eigenvalue weighted by Gasteiger charge is -2.14. The Morgan fingerprint density at radius 1 is 1.53 bits per heavy atom. The van der Waals surface area contributed by atoms with E-state index in [0.717, 1.165) is 4.31 Å². The number of rotatable bonds is 4. The SMILES string of the molecule is Cc1nc(CN(C)S(=O)(=O)c2cn(C)nc2N)n[nH]1. The van der Waals surface area contributed by atoms with Gasteiger partial charge in [-0.15, -0.1) is 0 Å². The summed E-state index contributed by atoms with van der Waals surface area (Å²) in [5.41, 5.74) is 5.59. The first kappa shape index (κ1) is 13.5. The summed E-state index contributed by atoms with van der Waals surface area (Å²) in [7, 11) is -0.664. The molecule has 0 fully saturated rings. The third-order valence-corrected chi connectivity index (χ3v) is 4.34. The number of hydrogen-bond acceptors (Lipinski definition) is 6. The van der Waals surface area contributed by atoms with Crippen molar-refractivity contribution in [2.75, 3.05) is 12.8 Å². The van der Waals surface area contributed by atoms with Crippen molar-refractivity contribution >= 4 is 15.8 Å². The van der Waals surface area contributed by atoms with Gasteiger partial charge in [0.15, 0.2) is 11.6 Å². The molecule has 0 unspecified atom stereocenters. The standard InChI is InChI=1S/C9H15N7O2S/c1-6-11-8(13-12-6)5-16(3)19(17,18)7-4-15(2)14-9(7)10/h4H,5H2,1-3H3,(H2,10,14)(H,11,12,13). The molecular formula is C9H15N7O2S. The first-order valence-electron chi connectivity index (χ1n) is 5.44. The van der Waals surface area contributed by atoms with Crippen molar-refractivity contribution in [1.82, 2.24) is 29.3 Å². The topological polar surface area (TPSA) is 123 Å². The average molecular weight is 285 g/mol. The first-order valence-corrected chi connectivity index (χ1v) is 6.88. The third kappa shape index (κ3) is 2.58. The highest BCUT2D eigenvalue weighted by atomic mass is 32.2. The summed E-state index contributed by atoms with van der Waals surface area (Å²) in [6.07, 6.45) is 1.37. The van der Waals surface area contributed by atoms with Crippen LogP contribution in [0, 0.1) is 6.92 Å². The van der Waals surface area contributed by atoms with Crippen molar-refractivity contribution in [3.05, 3.63) is 17.8 Å². The van der Waals surface area contributed by atoms with E-state index in [1.165, 1.54) is 17.9 Å². The van der Waals surface area contributed by atoms with E-state index in [4.69, 9.17) is 5.73 Å². The highest BCUT2D eigenvalue weighted by Gasteiger charge is 2.26. The van der Waals surface area contributed by atoms with Crippen LogP contribution in [0.3, 0.4) is 0 Å². The molecule has 0 saturated heterocycles. The number of nitrogens with one attached hydrogen (secondary N) is 1. The van der Waals surface area contributed by atoms with E-state index in [2.05, 4.69) is 20.3 Å². The van der Waals surface area contributed by atoms with Crippen molar-refractivity contribution in [3.63, 3.8) is 0 Å². The van der Waals surface area contributed by atoms with E-state index in [-0.39, 0.29) is 17.3 Å². The van der Waals surface area contributed by atoms with Gasteiger partial charge in [0.2, 0.25) is 10.0 Å². The Bertz CT molecular complexity index is 687. The largest absolute Gasteiger partial charge is 0.381 e. The molecule has 0 aliphatic rings. The van der Waals surface area contributed by atoms with Gasteiger partial charge in [-0.2, -0.15) is 14.5 Å². The van der Waals surface area contributed by atoms with E-state index < -0.39 is 10.0 Å². The number of aromatic nitrogens is 5. The lowest BCUT2D eigenvalue weighted by Crippen LogP contribution is -2.27. The molecule has 10 heteroatoms. The van der Waals surface area contributed by atoms with Crippen molar-refractivity contribution in [3.8, 4) is 0 Å². The highest BCUT2D eigenvalue weighted by Crippen LogP contribution is 2.20. The zero-order chi connectivity index (χ0) is 14.2. The Labute approximate surface area is 110 Å².